The maximum absolute atomic E-state index is 11.9. The van der Waals surface area contributed by atoms with Crippen molar-refractivity contribution in [3.05, 3.63) is 35.9 Å². The van der Waals surface area contributed by atoms with Gasteiger partial charge in [-0.25, -0.2) is 0 Å². The molecule has 3 nitrogen and oxygen atoms in total. The molecule has 0 bridgehead atoms. The third-order valence-corrected chi connectivity index (χ3v) is 3.67. The molecule has 0 aliphatic carbocycles. The van der Waals surface area contributed by atoms with Gasteiger partial charge in [-0.1, -0.05) is 30.3 Å². The molecule has 1 N–H and O–H groups in total. The molecule has 0 radical (unpaired) electrons. The molecule has 3 atom stereocenters. The molecule has 18 heavy (non-hydrogen) atoms. The molecule has 1 aliphatic heterocycles. The highest BCUT2D eigenvalue weighted by atomic mass is 79.9. The molecule has 100 valence electrons. The summed E-state index contributed by atoms with van der Waals surface area (Å²) in [6.45, 7) is 1.99. The van der Waals surface area contributed by atoms with E-state index in [0.717, 1.165) is 19.5 Å². The minimum Gasteiger partial charge on any atom is -1.00 e. The van der Waals surface area contributed by atoms with Gasteiger partial charge >= 0.3 is 5.97 Å². The number of likely N-dealkylation sites (tertiary alicyclic amines) is 1. The van der Waals surface area contributed by atoms with Crippen LogP contribution in [0.5, 0.6) is 0 Å². The highest BCUT2D eigenvalue weighted by Crippen LogP contribution is 2.29. The largest absolute Gasteiger partial charge is 1.00 e. The summed E-state index contributed by atoms with van der Waals surface area (Å²) in [4.78, 5) is 13.3. The third kappa shape index (κ3) is 3.33. The number of piperidine rings is 1. The Morgan fingerprint density at radius 1 is 1.33 bits per heavy atom. The predicted octanol–water partition coefficient (Wildman–Crippen LogP) is -2.52. The number of halogens is 1. The van der Waals surface area contributed by atoms with Crippen LogP contribution >= 0.6 is 0 Å². The Balaban J connectivity index is 0.00000162. The van der Waals surface area contributed by atoms with E-state index < -0.39 is 0 Å². The summed E-state index contributed by atoms with van der Waals surface area (Å²) in [5, 5.41) is 0. The zero-order chi connectivity index (χ0) is 12.3. The van der Waals surface area contributed by atoms with Crippen molar-refractivity contribution in [2.24, 2.45) is 5.92 Å². The first-order chi connectivity index (χ1) is 8.22. The molecular formula is C14H20BrNO2. The number of methoxy groups -OCH3 is 1. The van der Waals surface area contributed by atoms with Crippen molar-refractivity contribution < 1.29 is 31.4 Å². The molecule has 4 heteroatoms. The maximum atomic E-state index is 11.9. The van der Waals surface area contributed by atoms with Crippen molar-refractivity contribution in [2.45, 2.75) is 12.3 Å². The maximum Gasteiger partial charge on any atom is 0.315 e. The first-order valence-corrected chi connectivity index (χ1v) is 6.16. The molecule has 0 aromatic heterocycles. The number of hydrogen-bond acceptors (Lipinski definition) is 2. The van der Waals surface area contributed by atoms with E-state index in [0.29, 0.717) is 5.92 Å². The Morgan fingerprint density at radius 2 is 2.00 bits per heavy atom. The molecule has 3 unspecified atom stereocenters. The van der Waals surface area contributed by atoms with Crippen LogP contribution in [0.25, 0.3) is 0 Å². The first kappa shape index (κ1) is 15.2. The van der Waals surface area contributed by atoms with Gasteiger partial charge in [0, 0.05) is 12.3 Å². The Morgan fingerprint density at radius 3 is 2.61 bits per heavy atom. The number of carbonyl (C=O) groups is 1. The quantitative estimate of drug-likeness (QED) is 0.611. The standard InChI is InChI=1S/C14H19NO2.BrH/c1-15-9-8-12(11-6-4-3-5-7-11)13(10-15)14(16)17-2;/h3-7,12-13H,8-10H2,1-2H3;1H. The van der Waals surface area contributed by atoms with E-state index in [-0.39, 0.29) is 28.9 Å². The summed E-state index contributed by atoms with van der Waals surface area (Å²) in [7, 11) is 3.62. The van der Waals surface area contributed by atoms with Crippen molar-refractivity contribution in [3.8, 4) is 0 Å². The van der Waals surface area contributed by atoms with Crippen LogP contribution < -0.4 is 21.9 Å². The van der Waals surface area contributed by atoms with Crippen LogP contribution in [0.4, 0.5) is 0 Å². The van der Waals surface area contributed by atoms with Gasteiger partial charge < -0.3 is 26.6 Å². The van der Waals surface area contributed by atoms with Crippen LogP contribution in [-0.2, 0) is 9.53 Å². The van der Waals surface area contributed by atoms with Crippen LogP contribution in [0.3, 0.4) is 0 Å². The van der Waals surface area contributed by atoms with E-state index >= 15 is 0 Å². The molecule has 0 amide bonds. The van der Waals surface area contributed by atoms with Gasteiger partial charge in [-0.15, -0.1) is 0 Å². The van der Waals surface area contributed by atoms with Crippen molar-refractivity contribution in [1.29, 1.82) is 0 Å². The molecule has 2 rings (SSSR count). The Hall–Kier alpha value is -0.870. The van der Waals surface area contributed by atoms with E-state index in [2.05, 4.69) is 19.2 Å². The van der Waals surface area contributed by atoms with Crippen molar-refractivity contribution in [2.75, 3.05) is 27.2 Å². The van der Waals surface area contributed by atoms with Gasteiger partial charge in [-0.2, -0.15) is 0 Å². The lowest BCUT2D eigenvalue weighted by atomic mass is 9.80. The van der Waals surface area contributed by atoms with Gasteiger partial charge in [0.1, 0.15) is 5.92 Å². The SMILES string of the molecule is COC(=O)C1C[NH+](C)CCC1c1ccccc1.[Br-]. The number of ether oxygens (including phenoxy) is 1. The molecule has 1 aromatic carbocycles. The molecule has 1 aliphatic rings. The first-order valence-electron chi connectivity index (χ1n) is 6.16. The van der Waals surface area contributed by atoms with Gasteiger partial charge in [-0.05, 0) is 5.56 Å². The molecule has 1 heterocycles. The molecule has 0 saturated carbocycles. The number of esters is 1. The van der Waals surface area contributed by atoms with Crippen molar-refractivity contribution >= 4 is 5.97 Å². The fourth-order valence-corrected chi connectivity index (χ4v) is 2.72. The normalized spacial score (nSPS) is 27.1. The van der Waals surface area contributed by atoms with E-state index in [1.165, 1.54) is 17.6 Å². The number of hydrogen-bond donors (Lipinski definition) is 1. The zero-order valence-electron chi connectivity index (χ0n) is 10.9. The van der Waals surface area contributed by atoms with Crippen LogP contribution in [0.2, 0.25) is 0 Å². The lowest BCUT2D eigenvalue weighted by molar-refractivity contribution is -0.888. The molecule has 1 fully saturated rings. The lowest BCUT2D eigenvalue weighted by Gasteiger charge is -2.32. The van der Waals surface area contributed by atoms with Crippen LogP contribution in [0.1, 0.15) is 17.9 Å². The van der Waals surface area contributed by atoms with Gasteiger partial charge in [-0.3, -0.25) is 4.79 Å². The summed E-state index contributed by atoms with van der Waals surface area (Å²) in [5.41, 5.74) is 1.26. The van der Waals surface area contributed by atoms with Crippen molar-refractivity contribution in [3.63, 3.8) is 0 Å². The second kappa shape index (κ2) is 6.90. The van der Waals surface area contributed by atoms with Crippen LogP contribution in [-0.4, -0.2) is 33.2 Å². The minimum atomic E-state index is -0.0714. The predicted molar refractivity (Wildman–Crippen MR) is 65.9 cm³/mol. The second-order valence-electron chi connectivity index (χ2n) is 4.85. The third-order valence-electron chi connectivity index (χ3n) is 3.67. The average Bonchev–Trinajstić information content (AvgIpc) is 2.38. The monoisotopic (exact) mass is 313 g/mol. The van der Waals surface area contributed by atoms with Gasteiger partial charge in [0.2, 0.25) is 0 Å². The molecule has 1 aromatic rings. The fourth-order valence-electron chi connectivity index (χ4n) is 2.72. The number of nitrogens with one attached hydrogen (secondary N) is 1. The summed E-state index contributed by atoms with van der Waals surface area (Å²) >= 11 is 0. The number of benzene rings is 1. The number of rotatable bonds is 2. The lowest BCUT2D eigenvalue weighted by Crippen LogP contribution is -3.11. The number of carbonyl (C=O) groups excluding carboxylic acids is 1. The summed E-state index contributed by atoms with van der Waals surface area (Å²) in [5.74, 6) is 0.237. The highest BCUT2D eigenvalue weighted by molar-refractivity contribution is 5.73. The topological polar surface area (TPSA) is 30.7 Å². The zero-order valence-corrected chi connectivity index (χ0v) is 12.4. The summed E-state index contributed by atoms with van der Waals surface area (Å²) in [6.07, 6.45) is 1.05. The van der Waals surface area contributed by atoms with Crippen LogP contribution in [0, 0.1) is 5.92 Å². The highest BCUT2D eigenvalue weighted by Gasteiger charge is 2.37. The van der Waals surface area contributed by atoms with Crippen molar-refractivity contribution in [1.82, 2.24) is 0 Å². The van der Waals surface area contributed by atoms with Gasteiger partial charge in [0.05, 0.1) is 27.2 Å². The van der Waals surface area contributed by atoms with E-state index in [9.17, 15) is 4.79 Å². The fraction of sp³-hybridized carbons (Fsp3) is 0.500. The Kier molecular flexibility index (Phi) is 5.82. The minimum absolute atomic E-state index is 0. The van der Waals surface area contributed by atoms with E-state index in [4.69, 9.17) is 4.74 Å². The van der Waals surface area contributed by atoms with Crippen LogP contribution in [0.15, 0.2) is 30.3 Å². The number of quaternary nitrogens is 1. The summed E-state index contributed by atoms with van der Waals surface area (Å²) < 4.78 is 4.94. The van der Waals surface area contributed by atoms with Gasteiger partial charge in [0.25, 0.3) is 0 Å². The van der Waals surface area contributed by atoms with E-state index in [1.54, 1.807) is 0 Å². The molecular weight excluding hydrogens is 294 g/mol. The summed E-state index contributed by atoms with van der Waals surface area (Å²) in [6, 6.07) is 10.3. The molecule has 1 saturated heterocycles. The van der Waals surface area contributed by atoms with E-state index in [1.807, 2.05) is 18.2 Å². The Labute approximate surface area is 119 Å². The smallest absolute Gasteiger partial charge is 0.315 e. The second-order valence-corrected chi connectivity index (χ2v) is 4.85. The van der Waals surface area contributed by atoms with Gasteiger partial charge in [0.15, 0.2) is 0 Å². The molecule has 0 spiro atoms. The Bertz CT molecular complexity index is 383. The average molecular weight is 314 g/mol.